The molecule has 54 valence electrons. The van der Waals surface area contributed by atoms with E-state index in [0.29, 0.717) is 0 Å². The second-order valence-electron chi connectivity index (χ2n) is 1.84. The van der Waals surface area contributed by atoms with E-state index in [1.54, 1.807) is 0 Å². The van der Waals surface area contributed by atoms with Crippen molar-refractivity contribution in [2.24, 2.45) is 7.05 Å². The van der Waals surface area contributed by atoms with Gasteiger partial charge in [-0.2, -0.15) is 0 Å². The lowest BCUT2D eigenvalue weighted by atomic mass is 10.6. The molecule has 1 rings (SSSR count). The highest BCUT2D eigenvalue weighted by molar-refractivity contribution is 5.08. The van der Waals surface area contributed by atoms with Gasteiger partial charge in [-0.05, 0) is 0 Å². The van der Waals surface area contributed by atoms with E-state index >= 15 is 0 Å². The summed E-state index contributed by atoms with van der Waals surface area (Å²) in [5.41, 5.74) is -1.23. The predicted octanol–water partition coefficient (Wildman–Crippen LogP) is -1.22. The summed E-state index contributed by atoms with van der Waals surface area (Å²) in [6.45, 7) is 0. The van der Waals surface area contributed by atoms with Crippen LogP contribution in [0.5, 0.6) is 5.75 Å². The van der Waals surface area contributed by atoms with Crippen molar-refractivity contribution in [1.82, 2.24) is 9.55 Å². The molecule has 0 saturated heterocycles. The fourth-order valence-electron chi connectivity index (χ4n) is 0.553. The molecule has 0 saturated carbocycles. The van der Waals surface area contributed by atoms with Crippen molar-refractivity contribution in [3.05, 3.63) is 27.0 Å². The maximum atomic E-state index is 10.7. The van der Waals surface area contributed by atoms with Crippen LogP contribution in [-0.2, 0) is 7.05 Å². The van der Waals surface area contributed by atoms with Gasteiger partial charge in [0.15, 0.2) is 5.75 Å². The fraction of sp³-hybridized carbons (Fsp3) is 0.200. The van der Waals surface area contributed by atoms with E-state index in [4.69, 9.17) is 5.11 Å². The number of nitrogens with zero attached hydrogens (tertiary/aromatic N) is 1. The number of nitrogens with one attached hydrogen (secondary N) is 1. The Morgan fingerprint density at radius 1 is 1.60 bits per heavy atom. The zero-order chi connectivity index (χ0) is 7.72. The first-order valence-electron chi connectivity index (χ1n) is 2.60. The van der Waals surface area contributed by atoms with Gasteiger partial charge in [-0.15, -0.1) is 0 Å². The van der Waals surface area contributed by atoms with Crippen molar-refractivity contribution in [3.63, 3.8) is 0 Å². The van der Waals surface area contributed by atoms with Crippen molar-refractivity contribution in [3.8, 4) is 5.75 Å². The Kier molecular flexibility index (Phi) is 1.33. The first kappa shape index (κ1) is 6.60. The lowest BCUT2D eigenvalue weighted by Crippen LogP contribution is -2.31. The summed E-state index contributed by atoms with van der Waals surface area (Å²) in [5, 5.41) is 8.72. The number of H-pyrrole nitrogens is 1. The molecule has 0 spiro atoms. The van der Waals surface area contributed by atoms with Crippen LogP contribution in [0.15, 0.2) is 15.8 Å². The maximum Gasteiger partial charge on any atom is 0.328 e. The zero-order valence-electron chi connectivity index (χ0n) is 5.29. The summed E-state index contributed by atoms with van der Waals surface area (Å²) in [4.78, 5) is 23.4. The molecule has 0 atom stereocenters. The average molecular weight is 142 g/mol. The van der Waals surface area contributed by atoms with Gasteiger partial charge in [0, 0.05) is 7.05 Å². The van der Waals surface area contributed by atoms with E-state index in [2.05, 4.69) is 4.98 Å². The summed E-state index contributed by atoms with van der Waals surface area (Å²) in [6, 6.07) is 0. The molecule has 0 aliphatic rings. The summed E-state index contributed by atoms with van der Waals surface area (Å²) in [7, 11) is 1.28. The third-order valence-corrected chi connectivity index (χ3v) is 1.16. The Morgan fingerprint density at radius 3 is 2.70 bits per heavy atom. The highest BCUT2D eigenvalue weighted by atomic mass is 16.3. The Hall–Kier alpha value is -1.52. The van der Waals surface area contributed by atoms with Crippen LogP contribution < -0.4 is 11.2 Å². The molecule has 5 heteroatoms. The van der Waals surface area contributed by atoms with Gasteiger partial charge in [0.2, 0.25) is 0 Å². The Labute approximate surface area is 55.6 Å². The van der Waals surface area contributed by atoms with Crippen LogP contribution in [0.2, 0.25) is 0 Å². The molecule has 0 radical (unpaired) electrons. The second kappa shape index (κ2) is 2.02. The van der Waals surface area contributed by atoms with Gasteiger partial charge in [-0.3, -0.25) is 9.36 Å². The van der Waals surface area contributed by atoms with Gasteiger partial charge in [-0.1, -0.05) is 0 Å². The number of aromatic hydroxyl groups is 1. The summed E-state index contributed by atoms with van der Waals surface area (Å²) < 4.78 is 0.787. The molecule has 2 N–H and O–H groups in total. The van der Waals surface area contributed by atoms with E-state index in [-0.39, 0.29) is 0 Å². The van der Waals surface area contributed by atoms with Gasteiger partial charge in [0.1, 0.15) is 0 Å². The van der Waals surface area contributed by atoms with Crippen molar-refractivity contribution >= 4 is 0 Å². The molecule has 1 aromatic heterocycles. The molecule has 0 aromatic carbocycles. The van der Waals surface area contributed by atoms with Gasteiger partial charge in [0.25, 0.3) is 5.56 Å². The molecule has 0 aliphatic heterocycles. The standard InChI is InChI=1S/C5H6N2O3/c1-7-4(9)3(8)2-6-5(7)10/h2,8H,1H3,(H,6,10). The lowest BCUT2D eigenvalue weighted by Gasteiger charge is -1.93. The third-order valence-electron chi connectivity index (χ3n) is 1.16. The highest BCUT2D eigenvalue weighted by Gasteiger charge is 1.98. The minimum absolute atomic E-state index is 0.456. The number of hydrogen-bond acceptors (Lipinski definition) is 3. The molecule has 0 bridgehead atoms. The lowest BCUT2D eigenvalue weighted by molar-refractivity contribution is 0.454. The van der Waals surface area contributed by atoms with Gasteiger partial charge < -0.3 is 10.1 Å². The van der Waals surface area contributed by atoms with Crippen molar-refractivity contribution in [2.75, 3.05) is 0 Å². The van der Waals surface area contributed by atoms with E-state index in [9.17, 15) is 9.59 Å². The highest BCUT2D eigenvalue weighted by Crippen LogP contribution is 1.88. The van der Waals surface area contributed by atoms with Gasteiger partial charge in [-0.25, -0.2) is 4.79 Å². The molecule has 0 aliphatic carbocycles. The Morgan fingerprint density at radius 2 is 2.20 bits per heavy atom. The minimum Gasteiger partial charge on any atom is -0.502 e. The van der Waals surface area contributed by atoms with Crippen LogP contribution in [-0.4, -0.2) is 14.7 Å². The molecule has 5 nitrogen and oxygen atoms in total. The first-order valence-corrected chi connectivity index (χ1v) is 2.60. The predicted molar refractivity (Wildman–Crippen MR) is 34.0 cm³/mol. The van der Waals surface area contributed by atoms with E-state index in [0.717, 1.165) is 10.8 Å². The van der Waals surface area contributed by atoms with Crippen LogP contribution in [0.1, 0.15) is 0 Å². The molecule has 1 aromatic rings. The van der Waals surface area contributed by atoms with Crippen LogP contribution in [0.3, 0.4) is 0 Å². The topological polar surface area (TPSA) is 75.1 Å². The monoisotopic (exact) mass is 142 g/mol. The normalized spacial score (nSPS) is 9.70. The number of rotatable bonds is 0. The van der Waals surface area contributed by atoms with Crippen LogP contribution in [0.4, 0.5) is 0 Å². The van der Waals surface area contributed by atoms with Crippen molar-refractivity contribution in [1.29, 1.82) is 0 Å². The summed E-state index contributed by atoms with van der Waals surface area (Å²) in [6.07, 6.45) is 0.963. The Balaban J connectivity index is 3.66. The minimum atomic E-state index is -0.691. The van der Waals surface area contributed by atoms with E-state index < -0.39 is 17.0 Å². The molecule has 0 amide bonds. The fourth-order valence-corrected chi connectivity index (χ4v) is 0.553. The van der Waals surface area contributed by atoms with Gasteiger partial charge >= 0.3 is 5.69 Å². The molecular weight excluding hydrogens is 136 g/mol. The van der Waals surface area contributed by atoms with Crippen LogP contribution in [0, 0.1) is 0 Å². The number of aromatic amines is 1. The maximum absolute atomic E-state index is 10.7. The van der Waals surface area contributed by atoms with Crippen molar-refractivity contribution < 1.29 is 5.11 Å². The largest absolute Gasteiger partial charge is 0.502 e. The average Bonchev–Trinajstić information content (AvgIpc) is 1.93. The van der Waals surface area contributed by atoms with Crippen molar-refractivity contribution in [2.45, 2.75) is 0 Å². The molecular formula is C5H6N2O3. The molecule has 1 heterocycles. The first-order chi connectivity index (χ1) is 4.63. The molecule has 0 unspecified atom stereocenters. The third kappa shape index (κ3) is 0.812. The SMILES string of the molecule is Cn1c(=O)[nH]cc(O)c1=O. The van der Waals surface area contributed by atoms with E-state index in [1.807, 2.05) is 0 Å². The van der Waals surface area contributed by atoms with Crippen LogP contribution >= 0.6 is 0 Å². The quantitative estimate of drug-likeness (QED) is 0.476. The van der Waals surface area contributed by atoms with E-state index in [1.165, 1.54) is 7.05 Å². The number of hydrogen-bond donors (Lipinski definition) is 2. The molecule has 0 fully saturated rings. The molecule has 10 heavy (non-hydrogen) atoms. The zero-order valence-corrected chi connectivity index (χ0v) is 5.29. The van der Waals surface area contributed by atoms with Gasteiger partial charge in [0.05, 0.1) is 6.20 Å². The number of aromatic nitrogens is 2. The second-order valence-corrected chi connectivity index (χ2v) is 1.84. The van der Waals surface area contributed by atoms with Crippen LogP contribution in [0.25, 0.3) is 0 Å². The summed E-state index contributed by atoms with van der Waals surface area (Å²) in [5.74, 6) is -0.456. The summed E-state index contributed by atoms with van der Waals surface area (Å²) >= 11 is 0. The Bertz CT molecular complexity index is 349. The smallest absolute Gasteiger partial charge is 0.328 e.